The summed E-state index contributed by atoms with van der Waals surface area (Å²) in [4.78, 5) is 11.8. The Morgan fingerprint density at radius 1 is 1.04 bits per heavy atom. The van der Waals surface area contributed by atoms with Crippen LogP contribution in [0.15, 0.2) is 48.6 Å². The van der Waals surface area contributed by atoms with Crippen molar-refractivity contribution in [3.8, 4) is 5.75 Å². The molecule has 0 unspecified atom stereocenters. The first kappa shape index (κ1) is 40.7. The minimum absolute atomic E-state index is 0.0199. The van der Waals surface area contributed by atoms with E-state index >= 15 is 0 Å². The van der Waals surface area contributed by atoms with Crippen LogP contribution in [-0.2, 0) is 44.1 Å². The zero-order valence-electron chi connectivity index (χ0n) is 27.8. The minimum Gasteiger partial charge on any atom is -0.491 e. The normalized spacial score (nSPS) is 20.9. The lowest BCUT2D eigenvalue weighted by molar-refractivity contribution is -0.147. The predicted octanol–water partition coefficient (Wildman–Crippen LogP) is 5.72. The highest BCUT2D eigenvalue weighted by atomic mass is 19.4. The average molecular weight is 677 g/mol. The highest BCUT2D eigenvalue weighted by Gasteiger charge is 2.41. The Labute approximate surface area is 276 Å². The van der Waals surface area contributed by atoms with Gasteiger partial charge < -0.3 is 43.0 Å². The monoisotopic (exact) mass is 676 g/mol. The number of hydrogen-bond acceptors (Lipinski definition) is 10. The number of carbonyl (C=O) groups is 1. The van der Waals surface area contributed by atoms with Crippen molar-refractivity contribution >= 4 is 5.97 Å². The largest absolute Gasteiger partial charge is 0.491 e. The topological polar surface area (TPSA) is 111 Å². The van der Waals surface area contributed by atoms with E-state index < -0.39 is 23.9 Å². The van der Waals surface area contributed by atoms with Crippen LogP contribution in [0.25, 0.3) is 0 Å². The summed E-state index contributed by atoms with van der Waals surface area (Å²) >= 11 is 0. The number of unbranched alkanes of at least 4 members (excludes halogenated alkanes) is 1. The van der Waals surface area contributed by atoms with Gasteiger partial charge in [-0.1, -0.05) is 30.4 Å². The second kappa shape index (κ2) is 22.9. The van der Waals surface area contributed by atoms with Gasteiger partial charge in [0.05, 0.1) is 50.3 Å². The third-order valence-electron chi connectivity index (χ3n) is 7.30. The molecule has 5 atom stereocenters. The van der Waals surface area contributed by atoms with Crippen molar-refractivity contribution in [3.05, 3.63) is 54.1 Å². The van der Waals surface area contributed by atoms with Crippen LogP contribution in [0.3, 0.4) is 0 Å². The van der Waals surface area contributed by atoms with Crippen molar-refractivity contribution in [1.82, 2.24) is 0 Å². The van der Waals surface area contributed by atoms with Gasteiger partial charge >= 0.3 is 12.1 Å². The second-order valence-corrected chi connectivity index (χ2v) is 11.4. The molecule has 10 nitrogen and oxygen atoms in total. The van der Waals surface area contributed by atoms with Crippen LogP contribution in [-0.4, -0.2) is 96.3 Å². The van der Waals surface area contributed by atoms with E-state index in [1.165, 1.54) is 12.1 Å². The molecule has 2 rings (SSSR count). The van der Waals surface area contributed by atoms with Crippen LogP contribution in [0.1, 0.15) is 51.5 Å². The number of alkyl halides is 3. The van der Waals surface area contributed by atoms with Gasteiger partial charge in [-0.25, -0.2) is 0 Å². The summed E-state index contributed by atoms with van der Waals surface area (Å²) < 4.78 is 83.3. The minimum atomic E-state index is -4.50. The molecule has 0 aromatic heterocycles. The van der Waals surface area contributed by atoms with Gasteiger partial charge in [0.1, 0.15) is 32.0 Å². The van der Waals surface area contributed by atoms with E-state index in [-0.39, 0.29) is 56.0 Å². The number of benzene rings is 1. The van der Waals surface area contributed by atoms with E-state index in [9.17, 15) is 23.1 Å². The Hall–Kier alpha value is -2.52. The molecule has 1 aliphatic rings. The van der Waals surface area contributed by atoms with Gasteiger partial charge in [0, 0.05) is 33.0 Å². The van der Waals surface area contributed by atoms with Crippen LogP contribution in [0.5, 0.6) is 5.75 Å². The zero-order valence-corrected chi connectivity index (χ0v) is 27.8. The Kier molecular flexibility index (Phi) is 19.8. The third kappa shape index (κ3) is 16.9. The Morgan fingerprint density at radius 2 is 1.77 bits per heavy atom. The van der Waals surface area contributed by atoms with Crippen molar-refractivity contribution in [2.45, 2.75) is 76.5 Å². The van der Waals surface area contributed by atoms with Crippen LogP contribution in [0.2, 0.25) is 0 Å². The highest BCUT2D eigenvalue weighted by molar-refractivity contribution is 5.69. The molecule has 47 heavy (non-hydrogen) atoms. The van der Waals surface area contributed by atoms with Crippen molar-refractivity contribution in [1.29, 1.82) is 0 Å². The number of methoxy groups -OCH3 is 2. The van der Waals surface area contributed by atoms with Gasteiger partial charge in [-0.05, 0) is 57.2 Å². The third-order valence-corrected chi connectivity index (χ3v) is 7.30. The summed E-state index contributed by atoms with van der Waals surface area (Å²) in [5.74, 6) is -0.611. The molecule has 1 N–H and O–H groups in total. The van der Waals surface area contributed by atoms with E-state index in [1.807, 2.05) is 32.1 Å². The van der Waals surface area contributed by atoms with E-state index in [1.54, 1.807) is 20.3 Å². The fourth-order valence-corrected chi connectivity index (χ4v) is 4.94. The number of aliphatic hydroxyl groups excluding tert-OH is 1. The van der Waals surface area contributed by atoms with Crippen molar-refractivity contribution in [3.63, 3.8) is 0 Å². The molecule has 1 aromatic carbocycles. The molecule has 0 amide bonds. The Bertz CT molecular complexity index is 1050. The first-order chi connectivity index (χ1) is 22.5. The second-order valence-electron chi connectivity index (χ2n) is 11.4. The van der Waals surface area contributed by atoms with Gasteiger partial charge in [0.15, 0.2) is 0 Å². The SMILES string of the molecule is COCCOCO[C@H](/C=C/[C@@H]1[C@@H](C/C=C\CCCC(=O)OC(C)C)[C@@H](O)C[C@H]1OCOCCOC)COc1cccc(C(F)(F)F)c1. The van der Waals surface area contributed by atoms with Crippen LogP contribution in [0.4, 0.5) is 13.2 Å². The molecule has 0 radical (unpaired) electrons. The average Bonchev–Trinajstić information content (AvgIpc) is 3.32. The van der Waals surface area contributed by atoms with Gasteiger partial charge in [-0.15, -0.1) is 0 Å². The van der Waals surface area contributed by atoms with E-state index in [0.717, 1.165) is 12.1 Å². The lowest BCUT2D eigenvalue weighted by Crippen LogP contribution is -2.25. The first-order valence-corrected chi connectivity index (χ1v) is 15.9. The predicted molar refractivity (Wildman–Crippen MR) is 168 cm³/mol. The number of halogens is 3. The number of rotatable bonds is 24. The molecule has 0 saturated heterocycles. The first-order valence-electron chi connectivity index (χ1n) is 15.9. The highest BCUT2D eigenvalue weighted by Crippen LogP contribution is 2.38. The number of allylic oxidation sites excluding steroid dienone is 2. The lowest BCUT2D eigenvalue weighted by atomic mass is 9.89. The summed E-state index contributed by atoms with van der Waals surface area (Å²) in [7, 11) is 3.12. The van der Waals surface area contributed by atoms with Gasteiger partial charge in [-0.2, -0.15) is 13.2 Å². The molecule has 13 heteroatoms. The maximum atomic E-state index is 13.2. The number of esters is 1. The summed E-state index contributed by atoms with van der Waals surface area (Å²) in [6.45, 7) is 4.90. The molecular weight excluding hydrogens is 625 g/mol. The fourth-order valence-electron chi connectivity index (χ4n) is 4.94. The molecule has 268 valence electrons. The maximum Gasteiger partial charge on any atom is 0.416 e. The fraction of sp³-hybridized carbons (Fsp3) is 0.676. The molecule has 1 fully saturated rings. The number of carbonyl (C=O) groups excluding carboxylic acids is 1. The zero-order chi connectivity index (χ0) is 34.5. The molecule has 1 saturated carbocycles. The molecule has 1 aliphatic carbocycles. The van der Waals surface area contributed by atoms with Crippen molar-refractivity contribution in [2.75, 3.05) is 60.8 Å². The summed E-state index contributed by atoms with van der Waals surface area (Å²) in [5.41, 5.74) is -0.815. The molecule has 0 heterocycles. The lowest BCUT2D eigenvalue weighted by Gasteiger charge is -2.23. The summed E-state index contributed by atoms with van der Waals surface area (Å²) in [5, 5.41) is 11.0. The maximum absolute atomic E-state index is 13.2. The van der Waals surface area contributed by atoms with Crippen LogP contribution < -0.4 is 4.74 Å². The number of hydrogen-bond donors (Lipinski definition) is 1. The Morgan fingerprint density at radius 3 is 2.45 bits per heavy atom. The number of ether oxygens (including phenoxy) is 8. The van der Waals surface area contributed by atoms with Crippen molar-refractivity contribution in [2.24, 2.45) is 11.8 Å². The van der Waals surface area contributed by atoms with Gasteiger partial charge in [-0.3, -0.25) is 4.79 Å². The summed E-state index contributed by atoms with van der Waals surface area (Å²) in [6, 6.07) is 4.64. The smallest absolute Gasteiger partial charge is 0.416 e. The van der Waals surface area contributed by atoms with Crippen molar-refractivity contribution < 1.29 is 61.0 Å². The van der Waals surface area contributed by atoms with E-state index in [4.69, 9.17) is 37.9 Å². The molecule has 0 aliphatic heterocycles. The Balaban J connectivity index is 2.13. The van der Waals surface area contributed by atoms with Crippen LogP contribution in [0, 0.1) is 11.8 Å². The van der Waals surface area contributed by atoms with Gasteiger partial charge in [0.2, 0.25) is 0 Å². The molecular formula is C34H51F3O10. The molecule has 0 bridgehead atoms. The standard InChI is InChI=1S/C34H51F3O10/c1-25(2)47-33(39)13-8-6-5-7-12-29-30(32(21-31(29)38)46-24-43-19-17-41-4)15-14-28(45-23-42-18-16-40-3)22-44-27-11-9-10-26(20-27)34(35,36)37/h5,7,9-11,14-15,20,25,28-32,38H,6,8,12-13,16-19,21-24H2,1-4H3/b7-5-,15-14+/t28-,29-,30-,31+,32-/m1/s1. The van der Waals surface area contributed by atoms with E-state index in [0.29, 0.717) is 58.5 Å². The number of aliphatic hydroxyl groups is 1. The summed E-state index contributed by atoms with van der Waals surface area (Å²) in [6.07, 6.45) is 3.90. The van der Waals surface area contributed by atoms with Gasteiger partial charge in [0.25, 0.3) is 0 Å². The van der Waals surface area contributed by atoms with Crippen LogP contribution >= 0.6 is 0 Å². The van der Waals surface area contributed by atoms with E-state index in [2.05, 4.69) is 0 Å². The molecule has 0 spiro atoms. The quantitative estimate of drug-likeness (QED) is 0.0632. The molecule has 1 aromatic rings.